The monoisotopic (exact) mass is 280 g/mol. The maximum atomic E-state index is 13.8. The van der Waals surface area contributed by atoms with E-state index in [4.69, 9.17) is 4.74 Å². The van der Waals surface area contributed by atoms with Crippen molar-refractivity contribution >= 4 is 5.78 Å². The molecule has 104 valence electrons. The van der Waals surface area contributed by atoms with Crippen molar-refractivity contribution in [2.24, 2.45) is 0 Å². The van der Waals surface area contributed by atoms with Gasteiger partial charge in [0, 0.05) is 6.07 Å². The van der Waals surface area contributed by atoms with Gasteiger partial charge >= 0.3 is 0 Å². The van der Waals surface area contributed by atoms with E-state index in [1.54, 1.807) is 0 Å². The summed E-state index contributed by atoms with van der Waals surface area (Å²) < 4.78 is 45.6. The zero-order chi connectivity index (χ0) is 14.9. The molecule has 0 aliphatic heterocycles. The van der Waals surface area contributed by atoms with Crippen molar-refractivity contribution in [3.63, 3.8) is 0 Å². The zero-order valence-electron chi connectivity index (χ0n) is 10.8. The summed E-state index contributed by atoms with van der Waals surface area (Å²) in [4.78, 5) is 12.2. The van der Waals surface area contributed by atoms with E-state index in [0.29, 0.717) is 6.07 Å². The second-order valence-corrected chi connectivity index (χ2v) is 4.23. The molecular formula is C15H11F3O2. The Morgan fingerprint density at radius 1 is 1.05 bits per heavy atom. The number of aryl methyl sites for hydroxylation is 1. The van der Waals surface area contributed by atoms with Gasteiger partial charge in [-0.25, -0.2) is 13.2 Å². The lowest BCUT2D eigenvalue weighted by molar-refractivity contribution is 0.102. The Balaban J connectivity index is 2.61. The van der Waals surface area contributed by atoms with Crippen LogP contribution in [0.15, 0.2) is 30.3 Å². The van der Waals surface area contributed by atoms with Crippen molar-refractivity contribution < 1.29 is 22.7 Å². The van der Waals surface area contributed by atoms with Gasteiger partial charge in [0.25, 0.3) is 0 Å². The molecule has 2 nitrogen and oxygen atoms in total. The molecule has 0 aromatic heterocycles. The van der Waals surface area contributed by atoms with E-state index in [9.17, 15) is 18.0 Å². The molecule has 0 radical (unpaired) electrons. The van der Waals surface area contributed by atoms with Crippen LogP contribution in [0.4, 0.5) is 13.2 Å². The number of methoxy groups -OCH3 is 1. The number of carbonyl (C=O) groups is 1. The van der Waals surface area contributed by atoms with Crippen LogP contribution in [-0.2, 0) is 0 Å². The largest absolute Gasteiger partial charge is 0.496 e. The van der Waals surface area contributed by atoms with Gasteiger partial charge in [-0.1, -0.05) is 6.07 Å². The molecule has 0 saturated carbocycles. The Labute approximate surface area is 113 Å². The lowest BCUT2D eigenvalue weighted by Gasteiger charge is -2.10. The number of rotatable bonds is 3. The van der Waals surface area contributed by atoms with Crippen molar-refractivity contribution in [1.82, 2.24) is 0 Å². The molecule has 0 spiro atoms. The summed E-state index contributed by atoms with van der Waals surface area (Å²) in [6.45, 7) is 1.39. The summed E-state index contributed by atoms with van der Waals surface area (Å²) in [6, 6.07) is 5.50. The van der Waals surface area contributed by atoms with Crippen LogP contribution in [0.2, 0.25) is 0 Å². The Kier molecular flexibility index (Phi) is 3.79. The van der Waals surface area contributed by atoms with Crippen LogP contribution >= 0.6 is 0 Å². The highest BCUT2D eigenvalue weighted by Crippen LogP contribution is 2.26. The van der Waals surface area contributed by atoms with E-state index < -0.39 is 28.8 Å². The summed E-state index contributed by atoms with van der Waals surface area (Å²) in [5.74, 6) is -3.52. The molecule has 2 aromatic carbocycles. The lowest BCUT2D eigenvalue weighted by atomic mass is 9.99. The molecule has 0 aliphatic rings. The molecule has 2 aromatic rings. The highest BCUT2D eigenvalue weighted by molar-refractivity contribution is 6.11. The molecule has 0 amide bonds. The standard InChI is InChI=1S/C15H11F3O2/c1-8-6-9(12(18)7-11(8)17)15(19)14-10(16)4-3-5-13(14)20-2/h3-7H,1-2H3. The normalized spacial score (nSPS) is 10.4. The van der Waals surface area contributed by atoms with E-state index >= 15 is 0 Å². The molecule has 0 unspecified atom stereocenters. The van der Waals surface area contributed by atoms with Crippen LogP contribution in [0.25, 0.3) is 0 Å². The first-order valence-corrected chi connectivity index (χ1v) is 5.78. The molecule has 0 atom stereocenters. The fourth-order valence-corrected chi connectivity index (χ4v) is 1.86. The van der Waals surface area contributed by atoms with Gasteiger partial charge in [-0.2, -0.15) is 0 Å². The third kappa shape index (κ3) is 2.39. The molecule has 0 aliphatic carbocycles. The number of carbonyl (C=O) groups excluding carboxylic acids is 1. The quantitative estimate of drug-likeness (QED) is 0.802. The highest BCUT2D eigenvalue weighted by atomic mass is 19.1. The van der Waals surface area contributed by atoms with Gasteiger partial charge < -0.3 is 4.74 Å². The van der Waals surface area contributed by atoms with Crippen LogP contribution in [0.3, 0.4) is 0 Å². The first-order valence-electron chi connectivity index (χ1n) is 5.78. The van der Waals surface area contributed by atoms with E-state index in [2.05, 4.69) is 0 Å². The topological polar surface area (TPSA) is 26.3 Å². The van der Waals surface area contributed by atoms with Crippen LogP contribution in [0, 0.1) is 24.4 Å². The molecule has 20 heavy (non-hydrogen) atoms. The van der Waals surface area contributed by atoms with Crippen molar-refractivity contribution in [3.8, 4) is 5.75 Å². The molecule has 0 heterocycles. The number of ketones is 1. The number of ether oxygens (including phenoxy) is 1. The minimum atomic E-state index is -1.04. The Morgan fingerprint density at radius 2 is 1.75 bits per heavy atom. The van der Waals surface area contributed by atoms with Crippen LogP contribution in [0.5, 0.6) is 5.75 Å². The predicted molar refractivity (Wildman–Crippen MR) is 67.5 cm³/mol. The third-order valence-corrected chi connectivity index (χ3v) is 2.92. The summed E-state index contributed by atoms with van der Waals surface area (Å²) in [5, 5.41) is 0. The predicted octanol–water partition coefficient (Wildman–Crippen LogP) is 3.65. The molecule has 5 heteroatoms. The van der Waals surface area contributed by atoms with Gasteiger partial charge in [-0.05, 0) is 30.7 Å². The second kappa shape index (κ2) is 5.36. The first kappa shape index (κ1) is 14.1. The van der Waals surface area contributed by atoms with Crippen LogP contribution in [0.1, 0.15) is 21.5 Å². The van der Waals surface area contributed by atoms with Gasteiger partial charge in [0.2, 0.25) is 5.78 Å². The van der Waals surface area contributed by atoms with Crippen molar-refractivity contribution in [2.75, 3.05) is 7.11 Å². The fourth-order valence-electron chi connectivity index (χ4n) is 1.86. The summed E-state index contributed by atoms with van der Waals surface area (Å²) >= 11 is 0. The van der Waals surface area contributed by atoms with E-state index in [0.717, 1.165) is 12.1 Å². The van der Waals surface area contributed by atoms with Gasteiger partial charge in [-0.3, -0.25) is 4.79 Å². The summed E-state index contributed by atoms with van der Waals surface area (Å²) in [5.41, 5.74) is -0.669. The van der Waals surface area contributed by atoms with Crippen molar-refractivity contribution in [2.45, 2.75) is 6.92 Å². The van der Waals surface area contributed by atoms with Gasteiger partial charge in [0.1, 0.15) is 28.8 Å². The molecular weight excluding hydrogens is 269 g/mol. The number of hydrogen-bond donors (Lipinski definition) is 0. The van der Waals surface area contributed by atoms with E-state index in [1.165, 1.54) is 26.2 Å². The second-order valence-electron chi connectivity index (χ2n) is 4.23. The average Bonchev–Trinajstić information content (AvgIpc) is 2.41. The summed E-state index contributed by atoms with van der Waals surface area (Å²) in [6.07, 6.45) is 0. The highest BCUT2D eigenvalue weighted by Gasteiger charge is 2.23. The fraction of sp³-hybridized carbons (Fsp3) is 0.133. The smallest absolute Gasteiger partial charge is 0.202 e. The number of benzene rings is 2. The summed E-state index contributed by atoms with van der Waals surface area (Å²) in [7, 11) is 1.28. The minimum absolute atomic E-state index is 0.00335. The lowest BCUT2D eigenvalue weighted by Crippen LogP contribution is -2.10. The molecule has 0 saturated heterocycles. The minimum Gasteiger partial charge on any atom is -0.496 e. The average molecular weight is 280 g/mol. The maximum Gasteiger partial charge on any atom is 0.202 e. The molecule has 0 fully saturated rings. The SMILES string of the molecule is COc1cccc(F)c1C(=O)c1cc(C)c(F)cc1F. The number of halogens is 3. The Hall–Kier alpha value is -2.30. The Morgan fingerprint density at radius 3 is 2.40 bits per heavy atom. The number of hydrogen-bond acceptors (Lipinski definition) is 2. The zero-order valence-corrected chi connectivity index (χ0v) is 10.8. The molecule has 0 N–H and O–H groups in total. The third-order valence-electron chi connectivity index (χ3n) is 2.92. The molecule has 0 bridgehead atoms. The van der Waals surface area contributed by atoms with Crippen molar-refractivity contribution in [1.29, 1.82) is 0 Å². The van der Waals surface area contributed by atoms with Gasteiger partial charge in [0.15, 0.2) is 0 Å². The maximum absolute atomic E-state index is 13.8. The van der Waals surface area contributed by atoms with Gasteiger partial charge in [-0.15, -0.1) is 0 Å². The van der Waals surface area contributed by atoms with Crippen LogP contribution < -0.4 is 4.74 Å². The Bertz CT molecular complexity index is 681. The van der Waals surface area contributed by atoms with Crippen molar-refractivity contribution in [3.05, 3.63) is 64.5 Å². The van der Waals surface area contributed by atoms with Crippen LogP contribution in [-0.4, -0.2) is 12.9 Å². The van der Waals surface area contributed by atoms with E-state index in [-0.39, 0.29) is 16.9 Å². The molecule has 2 rings (SSSR count). The van der Waals surface area contributed by atoms with Gasteiger partial charge in [0.05, 0.1) is 12.7 Å². The first-order chi connectivity index (χ1) is 9.45. The van der Waals surface area contributed by atoms with E-state index in [1.807, 2.05) is 0 Å².